The summed E-state index contributed by atoms with van der Waals surface area (Å²) in [6.45, 7) is 2.53. The zero-order chi connectivity index (χ0) is 26.2. The molecular formula is C30H29N5O3. The monoisotopic (exact) mass is 507 g/mol. The molecule has 192 valence electrons. The molecule has 5 aromatic rings. The summed E-state index contributed by atoms with van der Waals surface area (Å²) in [5, 5.41) is 8.10. The summed E-state index contributed by atoms with van der Waals surface area (Å²) in [5.74, 6) is 0.0547. The fourth-order valence-electron chi connectivity index (χ4n) is 5.36. The minimum Gasteiger partial charge on any atom is -0.349 e. The van der Waals surface area contributed by atoms with Gasteiger partial charge in [-0.2, -0.15) is 0 Å². The molecule has 1 aliphatic carbocycles. The van der Waals surface area contributed by atoms with E-state index in [0.29, 0.717) is 16.5 Å². The molecule has 1 aliphatic rings. The van der Waals surface area contributed by atoms with Crippen LogP contribution in [0.2, 0.25) is 0 Å². The van der Waals surface area contributed by atoms with E-state index in [0.717, 1.165) is 42.4 Å². The third-order valence-corrected chi connectivity index (χ3v) is 7.50. The van der Waals surface area contributed by atoms with Crippen LogP contribution in [0.1, 0.15) is 52.7 Å². The van der Waals surface area contributed by atoms with Crippen molar-refractivity contribution in [2.24, 2.45) is 0 Å². The number of aryl methyl sites for hydroxylation is 1. The number of nitrogens with one attached hydrogen (secondary N) is 1. The molecule has 1 amide bonds. The molecule has 1 N–H and O–H groups in total. The first kappa shape index (κ1) is 23.9. The Balaban J connectivity index is 1.54. The summed E-state index contributed by atoms with van der Waals surface area (Å²) in [6.07, 6.45) is 4.16. The van der Waals surface area contributed by atoms with Crippen LogP contribution in [0.25, 0.3) is 16.7 Å². The molecule has 38 heavy (non-hydrogen) atoms. The molecule has 0 aliphatic heterocycles. The highest BCUT2D eigenvalue weighted by atomic mass is 16.2. The average molecular weight is 508 g/mol. The third-order valence-electron chi connectivity index (χ3n) is 7.50. The van der Waals surface area contributed by atoms with Gasteiger partial charge in [0.1, 0.15) is 0 Å². The topological polar surface area (TPSA) is 90.4 Å². The molecule has 6 rings (SSSR count). The van der Waals surface area contributed by atoms with Crippen molar-refractivity contribution in [1.29, 1.82) is 0 Å². The van der Waals surface area contributed by atoms with Crippen LogP contribution >= 0.6 is 0 Å². The molecular weight excluding hydrogens is 478 g/mol. The van der Waals surface area contributed by atoms with Gasteiger partial charge in [0, 0.05) is 11.6 Å². The van der Waals surface area contributed by atoms with Crippen molar-refractivity contribution in [2.75, 3.05) is 0 Å². The van der Waals surface area contributed by atoms with E-state index in [-0.39, 0.29) is 42.1 Å². The molecule has 2 heterocycles. The van der Waals surface area contributed by atoms with Crippen molar-refractivity contribution >= 4 is 22.6 Å². The van der Waals surface area contributed by atoms with Crippen LogP contribution < -0.4 is 16.6 Å². The summed E-state index contributed by atoms with van der Waals surface area (Å²) in [4.78, 5) is 40.6. The van der Waals surface area contributed by atoms with E-state index in [1.807, 2.05) is 61.5 Å². The summed E-state index contributed by atoms with van der Waals surface area (Å²) in [6, 6.07) is 22.6. The average Bonchev–Trinajstić information content (AvgIpc) is 3.56. The van der Waals surface area contributed by atoms with E-state index >= 15 is 0 Å². The Hall–Kier alpha value is -4.46. The van der Waals surface area contributed by atoms with Crippen LogP contribution in [-0.4, -0.2) is 30.7 Å². The van der Waals surface area contributed by atoms with Gasteiger partial charge in [0.2, 0.25) is 5.78 Å². The first-order chi connectivity index (χ1) is 18.5. The van der Waals surface area contributed by atoms with Gasteiger partial charge in [0.05, 0.1) is 24.0 Å². The summed E-state index contributed by atoms with van der Waals surface area (Å²) >= 11 is 0. The lowest BCUT2D eigenvalue weighted by Crippen LogP contribution is -2.33. The van der Waals surface area contributed by atoms with Crippen LogP contribution in [0.3, 0.4) is 0 Å². The van der Waals surface area contributed by atoms with Crippen LogP contribution in [0.4, 0.5) is 0 Å². The van der Waals surface area contributed by atoms with Crippen LogP contribution in [0, 0.1) is 6.92 Å². The van der Waals surface area contributed by atoms with Gasteiger partial charge >= 0.3 is 5.69 Å². The zero-order valence-corrected chi connectivity index (χ0v) is 21.3. The van der Waals surface area contributed by atoms with Gasteiger partial charge in [0.25, 0.3) is 11.5 Å². The Morgan fingerprint density at radius 3 is 2.45 bits per heavy atom. The van der Waals surface area contributed by atoms with Crippen molar-refractivity contribution in [1.82, 2.24) is 24.1 Å². The predicted octanol–water partition coefficient (Wildman–Crippen LogP) is 3.89. The highest BCUT2D eigenvalue weighted by Crippen LogP contribution is 2.20. The van der Waals surface area contributed by atoms with Crippen LogP contribution in [0.15, 0.2) is 82.4 Å². The second-order valence-corrected chi connectivity index (χ2v) is 10.1. The molecule has 1 saturated carbocycles. The van der Waals surface area contributed by atoms with Gasteiger partial charge in [-0.3, -0.25) is 14.2 Å². The molecule has 0 bridgehead atoms. The largest absolute Gasteiger partial charge is 0.352 e. The van der Waals surface area contributed by atoms with Gasteiger partial charge in [-0.05, 0) is 54.7 Å². The Morgan fingerprint density at radius 1 is 0.947 bits per heavy atom. The standard InChI is InChI=1S/C30H29N5O3/c1-20-9-5-6-12-23(20)19-34-30(38)35-26-17-22(27(36)31-24-13-7-8-14-24)15-16-25(26)28(37)33(29(35)32-34)18-21-10-3-2-4-11-21/h2-6,9-12,15-17,24H,7-8,13-14,18-19H2,1H3,(H,31,36). The lowest BCUT2D eigenvalue weighted by atomic mass is 10.1. The number of carbonyl (C=O) groups is 1. The maximum absolute atomic E-state index is 13.8. The number of nitrogens with zero attached hydrogens (tertiary/aromatic N) is 4. The van der Waals surface area contributed by atoms with E-state index in [2.05, 4.69) is 10.4 Å². The SMILES string of the molecule is Cc1ccccc1Cn1nc2n(Cc3ccccc3)c(=O)c3ccc(C(=O)NC4CCCC4)cc3n2c1=O. The van der Waals surface area contributed by atoms with E-state index in [1.54, 1.807) is 18.2 Å². The number of fused-ring (bicyclic) bond motifs is 3. The molecule has 0 unspecified atom stereocenters. The maximum Gasteiger partial charge on any atom is 0.352 e. The van der Waals surface area contributed by atoms with E-state index < -0.39 is 0 Å². The van der Waals surface area contributed by atoms with Gasteiger partial charge in [-0.25, -0.2) is 13.9 Å². The van der Waals surface area contributed by atoms with E-state index in [9.17, 15) is 14.4 Å². The van der Waals surface area contributed by atoms with Crippen molar-refractivity contribution in [2.45, 2.75) is 51.7 Å². The number of aromatic nitrogens is 4. The minimum atomic E-state index is -0.358. The minimum absolute atomic E-state index is 0.164. The highest BCUT2D eigenvalue weighted by molar-refractivity contribution is 5.98. The number of carbonyl (C=O) groups excluding carboxylic acids is 1. The number of benzene rings is 3. The second-order valence-electron chi connectivity index (χ2n) is 10.1. The second kappa shape index (κ2) is 9.78. The Morgan fingerprint density at radius 2 is 1.68 bits per heavy atom. The van der Waals surface area contributed by atoms with Gasteiger partial charge in [0.15, 0.2) is 0 Å². The molecule has 0 atom stereocenters. The Bertz CT molecular complexity index is 1780. The lowest BCUT2D eigenvalue weighted by molar-refractivity contribution is 0.0938. The number of hydrogen-bond acceptors (Lipinski definition) is 4. The number of hydrogen-bond donors (Lipinski definition) is 1. The number of rotatable bonds is 6. The summed E-state index contributed by atoms with van der Waals surface area (Å²) in [5.41, 5.74) is 3.13. The van der Waals surface area contributed by atoms with Gasteiger partial charge in [-0.1, -0.05) is 67.4 Å². The van der Waals surface area contributed by atoms with E-state index in [1.165, 1.54) is 13.6 Å². The highest BCUT2D eigenvalue weighted by Gasteiger charge is 2.21. The third kappa shape index (κ3) is 4.32. The van der Waals surface area contributed by atoms with Crippen molar-refractivity contribution < 1.29 is 4.79 Å². The molecule has 3 aromatic carbocycles. The Kier molecular flexibility index (Phi) is 6.15. The summed E-state index contributed by atoms with van der Waals surface area (Å²) < 4.78 is 4.39. The molecule has 1 fully saturated rings. The Labute approximate surface area is 219 Å². The van der Waals surface area contributed by atoms with Crippen molar-refractivity contribution in [3.05, 3.63) is 116 Å². The molecule has 8 nitrogen and oxygen atoms in total. The predicted molar refractivity (Wildman–Crippen MR) is 147 cm³/mol. The lowest BCUT2D eigenvalue weighted by Gasteiger charge is -2.13. The van der Waals surface area contributed by atoms with E-state index in [4.69, 9.17) is 0 Å². The summed E-state index contributed by atoms with van der Waals surface area (Å²) in [7, 11) is 0. The van der Waals surface area contributed by atoms with Crippen LogP contribution in [0.5, 0.6) is 0 Å². The molecule has 0 saturated heterocycles. The normalized spacial score (nSPS) is 13.9. The first-order valence-electron chi connectivity index (χ1n) is 13.0. The first-order valence-corrected chi connectivity index (χ1v) is 13.0. The fourth-order valence-corrected chi connectivity index (χ4v) is 5.36. The smallest absolute Gasteiger partial charge is 0.349 e. The van der Waals surface area contributed by atoms with Gasteiger partial charge < -0.3 is 5.32 Å². The van der Waals surface area contributed by atoms with Crippen LogP contribution in [-0.2, 0) is 13.1 Å². The number of amides is 1. The molecule has 2 aromatic heterocycles. The van der Waals surface area contributed by atoms with Crippen molar-refractivity contribution in [3.8, 4) is 0 Å². The maximum atomic E-state index is 13.8. The fraction of sp³-hybridized carbons (Fsp3) is 0.267. The quantitative estimate of drug-likeness (QED) is 0.378. The van der Waals surface area contributed by atoms with Gasteiger partial charge in [-0.15, -0.1) is 5.10 Å². The van der Waals surface area contributed by atoms with Crippen molar-refractivity contribution in [3.63, 3.8) is 0 Å². The molecule has 0 spiro atoms. The zero-order valence-electron chi connectivity index (χ0n) is 21.3. The molecule has 0 radical (unpaired) electrons. The molecule has 8 heteroatoms.